The molecule has 1 fully saturated rings. The number of aryl methyl sites for hydroxylation is 1. The van der Waals surface area contributed by atoms with Gasteiger partial charge >= 0.3 is 6.03 Å². The maximum absolute atomic E-state index is 12.5. The van der Waals surface area contributed by atoms with Crippen molar-refractivity contribution < 1.29 is 4.79 Å². The lowest BCUT2D eigenvalue weighted by Gasteiger charge is -2.36. The van der Waals surface area contributed by atoms with Crippen molar-refractivity contribution in [3.05, 3.63) is 59.2 Å². The fourth-order valence-electron chi connectivity index (χ4n) is 3.00. The highest BCUT2D eigenvalue weighted by Crippen LogP contribution is 2.20. The van der Waals surface area contributed by atoms with Crippen LogP contribution < -0.4 is 10.2 Å². The maximum Gasteiger partial charge on any atom is 0.321 e. The summed E-state index contributed by atoms with van der Waals surface area (Å²) >= 11 is 0. The molecule has 0 unspecified atom stereocenters. The fourth-order valence-corrected chi connectivity index (χ4v) is 3.00. The molecule has 2 aromatic rings. The van der Waals surface area contributed by atoms with E-state index in [2.05, 4.69) is 16.3 Å². The summed E-state index contributed by atoms with van der Waals surface area (Å²) in [5.74, 6) is 0. The Balaban J connectivity index is 1.59. The van der Waals surface area contributed by atoms with E-state index in [1.54, 1.807) is 0 Å². The van der Waals surface area contributed by atoms with Gasteiger partial charge in [-0.25, -0.2) is 4.79 Å². The highest BCUT2D eigenvalue weighted by molar-refractivity contribution is 5.90. The van der Waals surface area contributed by atoms with Gasteiger partial charge in [0.05, 0.1) is 11.6 Å². The van der Waals surface area contributed by atoms with E-state index < -0.39 is 0 Å². The van der Waals surface area contributed by atoms with Gasteiger partial charge in [-0.3, -0.25) is 0 Å². The molecule has 0 radical (unpaired) electrons. The van der Waals surface area contributed by atoms with Crippen LogP contribution in [0.25, 0.3) is 0 Å². The Bertz CT molecular complexity index is 799. The van der Waals surface area contributed by atoms with Crippen LogP contribution in [0.4, 0.5) is 16.2 Å². The quantitative estimate of drug-likeness (QED) is 0.914. The molecule has 0 aliphatic carbocycles. The lowest BCUT2D eigenvalue weighted by atomic mass is 10.1. The van der Waals surface area contributed by atoms with Crippen molar-refractivity contribution in [2.24, 2.45) is 0 Å². The summed E-state index contributed by atoms with van der Waals surface area (Å²) < 4.78 is 0. The summed E-state index contributed by atoms with van der Waals surface area (Å²) in [6.07, 6.45) is 0. The normalized spacial score (nSPS) is 14.1. The molecule has 1 saturated heterocycles. The molecule has 1 aliphatic heterocycles. The second-order valence-corrected chi connectivity index (χ2v) is 6.31. The van der Waals surface area contributed by atoms with Crippen LogP contribution in [0, 0.1) is 25.2 Å². The van der Waals surface area contributed by atoms with Crippen LogP contribution in [0.3, 0.4) is 0 Å². The number of nitriles is 1. The Morgan fingerprint density at radius 2 is 1.72 bits per heavy atom. The van der Waals surface area contributed by atoms with E-state index >= 15 is 0 Å². The lowest BCUT2D eigenvalue weighted by molar-refractivity contribution is 0.208. The summed E-state index contributed by atoms with van der Waals surface area (Å²) in [4.78, 5) is 16.6. The van der Waals surface area contributed by atoms with Gasteiger partial charge in [-0.05, 0) is 55.3 Å². The number of anilines is 2. The van der Waals surface area contributed by atoms with Crippen LogP contribution in [0.2, 0.25) is 0 Å². The summed E-state index contributed by atoms with van der Waals surface area (Å²) in [6, 6.07) is 15.6. The number of hydrogen-bond donors (Lipinski definition) is 1. The largest absolute Gasteiger partial charge is 0.368 e. The molecule has 2 amide bonds. The molecule has 2 aromatic carbocycles. The van der Waals surface area contributed by atoms with Crippen LogP contribution >= 0.6 is 0 Å². The van der Waals surface area contributed by atoms with Crippen molar-refractivity contribution in [1.29, 1.82) is 5.26 Å². The van der Waals surface area contributed by atoms with Crippen molar-refractivity contribution >= 4 is 17.4 Å². The summed E-state index contributed by atoms with van der Waals surface area (Å²) in [5, 5.41) is 11.9. The minimum absolute atomic E-state index is 0.0480. The molecule has 1 aliphatic rings. The van der Waals surface area contributed by atoms with E-state index in [4.69, 9.17) is 5.26 Å². The third kappa shape index (κ3) is 3.74. The molecule has 5 heteroatoms. The SMILES string of the molecule is Cc1cccc(NC(=O)N2CCN(c3ccc(C#N)cc3)CC2)c1C. The first-order valence-corrected chi connectivity index (χ1v) is 8.46. The van der Waals surface area contributed by atoms with Crippen molar-refractivity contribution in [3.8, 4) is 6.07 Å². The van der Waals surface area contributed by atoms with Gasteiger partial charge in [-0.1, -0.05) is 12.1 Å². The Hall–Kier alpha value is -3.00. The minimum atomic E-state index is -0.0480. The zero-order chi connectivity index (χ0) is 17.8. The van der Waals surface area contributed by atoms with E-state index in [-0.39, 0.29) is 6.03 Å². The number of nitrogens with zero attached hydrogens (tertiary/aromatic N) is 3. The molecule has 0 saturated carbocycles. The fraction of sp³-hybridized carbons (Fsp3) is 0.300. The standard InChI is InChI=1S/C20H22N4O/c1-15-4-3-5-19(16(15)2)22-20(25)24-12-10-23(11-13-24)18-8-6-17(14-21)7-9-18/h3-9H,10-13H2,1-2H3,(H,22,25). The van der Waals surface area contributed by atoms with Crippen LogP contribution in [0.5, 0.6) is 0 Å². The van der Waals surface area contributed by atoms with Crippen LogP contribution in [-0.2, 0) is 0 Å². The topological polar surface area (TPSA) is 59.4 Å². The van der Waals surface area contributed by atoms with Crippen LogP contribution in [-0.4, -0.2) is 37.1 Å². The number of hydrogen-bond acceptors (Lipinski definition) is 3. The Morgan fingerprint density at radius 1 is 1.04 bits per heavy atom. The van der Waals surface area contributed by atoms with Crippen LogP contribution in [0.15, 0.2) is 42.5 Å². The van der Waals surface area contributed by atoms with Gasteiger partial charge in [-0.15, -0.1) is 0 Å². The van der Waals surface area contributed by atoms with Gasteiger partial charge in [0.15, 0.2) is 0 Å². The smallest absolute Gasteiger partial charge is 0.321 e. The van der Waals surface area contributed by atoms with E-state index in [1.165, 1.54) is 5.56 Å². The molecular weight excluding hydrogens is 312 g/mol. The number of benzene rings is 2. The van der Waals surface area contributed by atoms with E-state index in [9.17, 15) is 4.79 Å². The molecule has 0 bridgehead atoms. The first-order chi connectivity index (χ1) is 12.1. The highest BCUT2D eigenvalue weighted by Gasteiger charge is 2.21. The first-order valence-electron chi connectivity index (χ1n) is 8.46. The average molecular weight is 334 g/mol. The van der Waals surface area contributed by atoms with Crippen molar-refractivity contribution in [2.75, 3.05) is 36.4 Å². The Morgan fingerprint density at radius 3 is 2.36 bits per heavy atom. The number of rotatable bonds is 2. The maximum atomic E-state index is 12.5. The van der Waals surface area contributed by atoms with Gasteiger partial charge in [0.2, 0.25) is 0 Å². The summed E-state index contributed by atoms with van der Waals surface area (Å²) in [7, 11) is 0. The molecule has 1 N–H and O–H groups in total. The zero-order valence-electron chi connectivity index (χ0n) is 14.6. The van der Waals surface area contributed by atoms with E-state index in [1.807, 2.05) is 61.2 Å². The molecule has 128 valence electrons. The lowest BCUT2D eigenvalue weighted by Crippen LogP contribution is -2.50. The minimum Gasteiger partial charge on any atom is -0.368 e. The highest BCUT2D eigenvalue weighted by atomic mass is 16.2. The molecule has 5 nitrogen and oxygen atoms in total. The summed E-state index contributed by atoms with van der Waals surface area (Å²) in [6.45, 7) is 6.99. The molecule has 3 rings (SSSR count). The van der Waals surface area contributed by atoms with Crippen molar-refractivity contribution in [1.82, 2.24) is 4.90 Å². The van der Waals surface area contributed by atoms with Gasteiger partial charge in [0.1, 0.15) is 0 Å². The number of carbonyl (C=O) groups excluding carboxylic acids is 1. The predicted octanol–water partition coefficient (Wildman–Crippen LogP) is 3.53. The Labute approximate surface area is 148 Å². The molecular formula is C20H22N4O. The molecule has 1 heterocycles. The number of amides is 2. The van der Waals surface area contributed by atoms with E-state index in [0.717, 1.165) is 30.0 Å². The number of piperazine rings is 1. The zero-order valence-corrected chi connectivity index (χ0v) is 14.6. The van der Waals surface area contributed by atoms with Crippen molar-refractivity contribution in [2.45, 2.75) is 13.8 Å². The van der Waals surface area contributed by atoms with Crippen LogP contribution in [0.1, 0.15) is 16.7 Å². The molecule has 25 heavy (non-hydrogen) atoms. The van der Waals surface area contributed by atoms with E-state index in [0.29, 0.717) is 18.7 Å². The van der Waals surface area contributed by atoms with Gasteiger partial charge in [-0.2, -0.15) is 5.26 Å². The predicted molar refractivity (Wildman–Crippen MR) is 99.9 cm³/mol. The summed E-state index contributed by atoms with van der Waals surface area (Å²) in [5.41, 5.74) is 4.90. The third-order valence-corrected chi connectivity index (χ3v) is 4.77. The van der Waals surface area contributed by atoms with Gasteiger partial charge in [0.25, 0.3) is 0 Å². The van der Waals surface area contributed by atoms with Gasteiger partial charge in [0, 0.05) is 37.6 Å². The van der Waals surface area contributed by atoms with Gasteiger partial charge < -0.3 is 15.1 Å². The molecule has 0 spiro atoms. The Kier molecular flexibility index (Phi) is 4.90. The molecule has 0 atom stereocenters. The monoisotopic (exact) mass is 334 g/mol. The second kappa shape index (κ2) is 7.27. The number of urea groups is 1. The second-order valence-electron chi connectivity index (χ2n) is 6.31. The number of nitrogens with one attached hydrogen (secondary N) is 1. The molecule has 0 aromatic heterocycles. The third-order valence-electron chi connectivity index (χ3n) is 4.77. The van der Waals surface area contributed by atoms with Crippen molar-refractivity contribution in [3.63, 3.8) is 0 Å². The first kappa shape index (κ1) is 16.8. The number of carbonyl (C=O) groups is 1. The average Bonchev–Trinajstić information content (AvgIpc) is 2.65.